The molecule has 0 bridgehead atoms. The summed E-state index contributed by atoms with van der Waals surface area (Å²) >= 11 is 0. The lowest BCUT2D eigenvalue weighted by Crippen LogP contribution is -2.37. The van der Waals surface area contributed by atoms with Crippen LogP contribution in [-0.2, 0) is 20.9 Å². The van der Waals surface area contributed by atoms with Gasteiger partial charge in [-0.05, 0) is 40.7 Å². The van der Waals surface area contributed by atoms with Gasteiger partial charge in [-0.15, -0.1) is 0 Å². The van der Waals surface area contributed by atoms with Crippen molar-refractivity contribution < 1.29 is 28.7 Å². The Morgan fingerprint density at radius 3 is 1.82 bits per heavy atom. The third-order valence-corrected chi connectivity index (χ3v) is 8.43. The largest absolute Gasteiger partial charge is 0.496 e. The molecule has 0 unspecified atom stereocenters. The minimum Gasteiger partial charge on any atom is -0.496 e. The summed E-state index contributed by atoms with van der Waals surface area (Å²) in [6.45, 7) is 8.23. The van der Waals surface area contributed by atoms with Crippen molar-refractivity contribution in [2.24, 2.45) is 10.8 Å². The van der Waals surface area contributed by atoms with Crippen molar-refractivity contribution in [3.05, 3.63) is 87.4 Å². The summed E-state index contributed by atoms with van der Waals surface area (Å²) in [6.07, 6.45) is 1.94. The maximum absolute atomic E-state index is 13.6. The van der Waals surface area contributed by atoms with Crippen molar-refractivity contribution in [3.8, 4) is 5.75 Å². The summed E-state index contributed by atoms with van der Waals surface area (Å²) < 4.78 is 12.0. The summed E-state index contributed by atoms with van der Waals surface area (Å²) in [5, 5.41) is 0. The predicted molar refractivity (Wildman–Crippen MR) is 148 cm³/mol. The Morgan fingerprint density at radius 2 is 1.32 bits per heavy atom. The van der Waals surface area contributed by atoms with E-state index in [1.54, 1.807) is 30.3 Å². The predicted octanol–water partition coefficient (Wildman–Crippen LogP) is 5.89. The highest BCUT2D eigenvalue weighted by Crippen LogP contribution is 2.53. The second-order valence-corrected chi connectivity index (χ2v) is 12.9. The van der Waals surface area contributed by atoms with Gasteiger partial charge in [0.1, 0.15) is 17.3 Å². The molecule has 0 saturated heterocycles. The van der Waals surface area contributed by atoms with Gasteiger partial charge in [-0.3, -0.25) is 24.1 Å². The minimum atomic E-state index is -0.571. The molecule has 0 N–H and O–H groups in total. The van der Waals surface area contributed by atoms with Crippen LogP contribution in [0.4, 0.5) is 0 Å². The highest BCUT2D eigenvalue weighted by Gasteiger charge is 2.48. The van der Waals surface area contributed by atoms with E-state index in [4.69, 9.17) is 9.47 Å². The van der Waals surface area contributed by atoms with Crippen LogP contribution in [0.3, 0.4) is 0 Å². The van der Waals surface area contributed by atoms with E-state index in [2.05, 4.69) is 27.7 Å². The lowest BCUT2D eigenvalue weighted by molar-refractivity contribution is -0.120. The number of carbonyl (C=O) groups excluding carboxylic acids is 4. The summed E-state index contributed by atoms with van der Waals surface area (Å²) in [4.78, 5) is 54.7. The second kappa shape index (κ2) is 9.01. The number of hydrogen-bond donors (Lipinski definition) is 0. The van der Waals surface area contributed by atoms with Gasteiger partial charge in [-0.25, -0.2) is 0 Å². The highest BCUT2D eigenvalue weighted by molar-refractivity contribution is 6.21. The zero-order valence-corrected chi connectivity index (χ0v) is 23.6. The third kappa shape index (κ3) is 4.19. The van der Waals surface area contributed by atoms with Crippen molar-refractivity contribution in [1.29, 1.82) is 0 Å². The van der Waals surface area contributed by atoms with Gasteiger partial charge in [0.15, 0.2) is 11.6 Å². The smallest absolute Gasteiger partial charge is 0.261 e. The van der Waals surface area contributed by atoms with Gasteiger partial charge in [-0.1, -0.05) is 45.9 Å². The van der Waals surface area contributed by atoms with Crippen molar-refractivity contribution in [2.45, 2.75) is 65.8 Å². The van der Waals surface area contributed by atoms with Crippen LogP contribution in [0.1, 0.15) is 91.1 Å². The van der Waals surface area contributed by atoms with Gasteiger partial charge >= 0.3 is 0 Å². The first-order valence-corrected chi connectivity index (χ1v) is 13.7. The fourth-order valence-corrected chi connectivity index (χ4v) is 6.66. The molecule has 2 aromatic carbocycles. The molecular formula is C33H33NO6. The van der Waals surface area contributed by atoms with Gasteiger partial charge in [0.25, 0.3) is 11.8 Å². The summed E-state index contributed by atoms with van der Waals surface area (Å²) in [7, 11) is 1.54. The highest BCUT2D eigenvalue weighted by atomic mass is 16.5. The lowest BCUT2D eigenvalue weighted by atomic mass is 9.65. The van der Waals surface area contributed by atoms with E-state index in [9.17, 15) is 19.2 Å². The van der Waals surface area contributed by atoms with Gasteiger partial charge in [0.05, 0.1) is 24.8 Å². The molecule has 40 heavy (non-hydrogen) atoms. The Morgan fingerprint density at radius 1 is 0.800 bits per heavy atom. The van der Waals surface area contributed by atoms with E-state index in [1.165, 1.54) is 12.0 Å². The number of allylic oxidation sites excluding steroid dienone is 4. The van der Waals surface area contributed by atoms with Crippen LogP contribution < -0.4 is 4.74 Å². The van der Waals surface area contributed by atoms with E-state index in [0.29, 0.717) is 70.8 Å². The molecule has 206 valence electrons. The van der Waals surface area contributed by atoms with Gasteiger partial charge in [0.2, 0.25) is 0 Å². The number of ketones is 2. The molecule has 0 aromatic heterocycles. The maximum atomic E-state index is 13.6. The zero-order chi connectivity index (χ0) is 28.6. The van der Waals surface area contributed by atoms with Crippen LogP contribution in [0.25, 0.3) is 0 Å². The number of carbonyl (C=O) groups is 4. The molecule has 0 fully saturated rings. The molecule has 2 aliphatic heterocycles. The number of amides is 2. The number of imide groups is 1. The average Bonchev–Trinajstić information content (AvgIpc) is 3.11. The summed E-state index contributed by atoms with van der Waals surface area (Å²) in [5.74, 6) is 0.491. The molecule has 0 radical (unpaired) electrons. The van der Waals surface area contributed by atoms with E-state index < -0.39 is 5.92 Å². The first-order valence-electron chi connectivity index (χ1n) is 13.7. The van der Waals surface area contributed by atoms with Crippen molar-refractivity contribution >= 4 is 23.4 Å². The van der Waals surface area contributed by atoms with E-state index >= 15 is 0 Å². The molecule has 2 aromatic rings. The number of nitrogens with zero attached hydrogens (tertiary/aromatic N) is 1. The molecule has 2 heterocycles. The number of rotatable bonds is 4. The van der Waals surface area contributed by atoms with E-state index in [-0.39, 0.29) is 40.8 Å². The first kappa shape index (κ1) is 26.2. The third-order valence-electron chi connectivity index (χ3n) is 8.43. The number of ether oxygens (including phenoxy) is 2. The van der Waals surface area contributed by atoms with E-state index in [0.717, 1.165) is 5.56 Å². The van der Waals surface area contributed by atoms with Crippen LogP contribution >= 0.6 is 0 Å². The Balaban J connectivity index is 1.46. The van der Waals surface area contributed by atoms with Crippen LogP contribution in [-0.4, -0.2) is 35.4 Å². The van der Waals surface area contributed by atoms with Crippen molar-refractivity contribution in [2.75, 3.05) is 7.11 Å². The van der Waals surface area contributed by atoms with Gasteiger partial charge in [-0.2, -0.15) is 0 Å². The molecule has 7 nitrogen and oxygen atoms in total. The molecular weight excluding hydrogens is 506 g/mol. The Hall–Kier alpha value is -4.00. The normalized spacial score (nSPS) is 21.8. The van der Waals surface area contributed by atoms with Crippen LogP contribution in [0, 0.1) is 10.8 Å². The SMILES string of the molecule is COc1ccc(C2C3=C(CC(C)(C)CC3=O)OC3=C2C(=O)CC(C)(C)C3)cc1CN1C(=O)c2ccccc2C1=O. The molecule has 0 atom stereocenters. The standard InChI is InChI=1S/C33H33NO6/c1-32(2)13-22(35)28-25(15-32)40-26-16-33(3,4)14-23(36)29(26)27(28)18-10-11-24(39-5)19(12-18)17-34-30(37)20-8-6-7-9-21(20)31(34)38/h6-12,27H,13-17H2,1-5H3. The van der Waals surface area contributed by atoms with E-state index in [1.807, 2.05) is 12.1 Å². The summed E-state index contributed by atoms with van der Waals surface area (Å²) in [5.41, 5.74) is 2.72. The Bertz CT molecular complexity index is 1490. The average molecular weight is 540 g/mol. The van der Waals surface area contributed by atoms with Crippen LogP contribution in [0.15, 0.2) is 65.1 Å². The van der Waals surface area contributed by atoms with Crippen LogP contribution in [0.5, 0.6) is 5.75 Å². The fraction of sp³-hybridized carbons (Fsp3) is 0.394. The molecule has 0 saturated carbocycles. The number of hydrogen-bond acceptors (Lipinski definition) is 6. The molecule has 6 rings (SSSR count). The minimum absolute atomic E-state index is 0.00629. The van der Waals surface area contributed by atoms with Gasteiger partial charge < -0.3 is 9.47 Å². The molecule has 0 spiro atoms. The number of Topliss-reactive ketones (excluding diaryl/α,β-unsaturated/α-hetero) is 2. The van der Waals surface area contributed by atoms with Crippen molar-refractivity contribution in [3.63, 3.8) is 0 Å². The summed E-state index contributed by atoms with van der Waals surface area (Å²) in [6, 6.07) is 12.3. The molecule has 2 aliphatic carbocycles. The maximum Gasteiger partial charge on any atom is 0.261 e. The Labute approximate surface area is 233 Å². The molecule has 2 amide bonds. The fourth-order valence-electron chi connectivity index (χ4n) is 6.66. The number of fused-ring (bicyclic) bond motifs is 1. The molecule has 7 heteroatoms. The Kier molecular flexibility index (Phi) is 5.91. The monoisotopic (exact) mass is 539 g/mol. The molecule has 4 aliphatic rings. The quantitative estimate of drug-likeness (QED) is 0.450. The second-order valence-electron chi connectivity index (χ2n) is 12.9. The zero-order valence-electron chi connectivity index (χ0n) is 23.6. The topological polar surface area (TPSA) is 90.0 Å². The first-order chi connectivity index (χ1) is 18.9. The van der Waals surface area contributed by atoms with Gasteiger partial charge in [0, 0.05) is 48.3 Å². The number of benzene rings is 2. The van der Waals surface area contributed by atoms with Crippen molar-refractivity contribution in [1.82, 2.24) is 4.90 Å². The lowest BCUT2D eigenvalue weighted by Gasteiger charge is -2.42. The number of methoxy groups -OCH3 is 1. The van der Waals surface area contributed by atoms with Crippen LogP contribution in [0.2, 0.25) is 0 Å².